The molecule has 0 unspecified atom stereocenters. The van der Waals surface area contributed by atoms with Crippen LogP contribution in [-0.2, 0) is 4.79 Å². The van der Waals surface area contributed by atoms with Crippen molar-refractivity contribution in [1.82, 2.24) is 0 Å². The summed E-state index contributed by atoms with van der Waals surface area (Å²) >= 11 is 0. The fourth-order valence-corrected chi connectivity index (χ4v) is 2.93. The van der Waals surface area contributed by atoms with E-state index in [-0.39, 0.29) is 11.9 Å². The van der Waals surface area contributed by atoms with Crippen LogP contribution in [0.3, 0.4) is 0 Å². The molecule has 114 valence electrons. The molecule has 1 aliphatic heterocycles. The number of anilines is 2. The molecule has 0 aliphatic carbocycles. The van der Waals surface area contributed by atoms with Crippen molar-refractivity contribution in [1.29, 1.82) is 0 Å². The second-order valence-electron chi connectivity index (χ2n) is 5.98. The maximum Gasteiger partial charge on any atom is 0.227 e. The Morgan fingerprint density at radius 2 is 1.91 bits per heavy atom. The van der Waals surface area contributed by atoms with E-state index in [1.807, 2.05) is 29.2 Å². The van der Waals surface area contributed by atoms with Crippen LogP contribution in [0.4, 0.5) is 11.4 Å². The second kappa shape index (κ2) is 6.22. The highest BCUT2D eigenvalue weighted by molar-refractivity contribution is 5.95. The molecular formula is C19H22N2O. The number of carbonyl (C=O) groups excluding carboxylic acids is 1. The Kier molecular flexibility index (Phi) is 4.14. The predicted molar refractivity (Wildman–Crippen MR) is 91.2 cm³/mol. The van der Waals surface area contributed by atoms with Gasteiger partial charge in [-0.25, -0.2) is 0 Å². The summed E-state index contributed by atoms with van der Waals surface area (Å²) in [6, 6.07) is 16.9. The molecule has 1 heterocycles. The SMILES string of the molecule is Cc1cccc([C@H](C)Nc2ccc(N3CCCC3=O)cc2)c1. The van der Waals surface area contributed by atoms with Gasteiger partial charge in [0.2, 0.25) is 5.91 Å². The van der Waals surface area contributed by atoms with E-state index in [1.165, 1.54) is 11.1 Å². The standard InChI is InChI=1S/C19H22N2O/c1-14-5-3-6-16(13-14)15(2)20-17-8-10-18(11-9-17)21-12-4-7-19(21)22/h3,5-6,8-11,13,15,20H,4,7,12H2,1-2H3/t15-/m0/s1. The summed E-state index contributed by atoms with van der Waals surface area (Å²) in [5.74, 6) is 0.230. The van der Waals surface area contributed by atoms with Gasteiger partial charge in [0.25, 0.3) is 0 Å². The summed E-state index contributed by atoms with van der Waals surface area (Å²) in [5, 5.41) is 3.51. The maximum atomic E-state index is 11.8. The topological polar surface area (TPSA) is 32.3 Å². The fraction of sp³-hybridized carbons (Fsp3) is 0.316. The molecule has 1 amide bonds. The van der Waals surface area contributed by atoms with Gasteiger partial charge in [-0.3, -0.25) is 4.79 Å². The molecule has 1 fully saturated rings. The van der Waals surface area contributed by atoms with Gasteiger partial charge < -0.3 is 10.2 Å². The zero-order chi connectivity index (χ0) is 15.5. The number of amides is 1. The molecular weight excluding hydrogens is 272 g/mol. The van der Waals surface area contributed by atoms with Gasteiger partial charge in [-0.1, -0.05) is 29.8 Å². The van der Waals surface area contributed by atoms with Crippen LogP contribution in [-0.4, -0.2) is 12.5 Å². The Balaban J connectivity index is 1.69. The quantitative estimate of drug-likeness (QED) is 0.912. The molecule has 3 nitrogen and oxygen atoms in total. The van der Waals surface area contributed by atoms with E-state index in [0.29, 0.717) is 6.42 Å². The molecule has 3 heteroatoms. The summed E-state index contributed by atoms with van der Waals surface area (Å²) in [7, 11) is 0. The monoisotopic (exact) mass is 294 g/mol. The third-order valence-corrected chi connectivity index (χ3v) is 4.18. The Morgan fingerprint density at radius 1 is 1.14 bits per heavy atom. The van der Waals surface area contributed by atoms with E-state index in [2.05, 4.69) is 43.4 Å². The van der Waals surface area contributed by atoms with Crippen molar-refractivity contribution in [3.63, 3.8) is 0 Å². The van der Waals surface area contributed by atoms with Crippen LogP contribution in [0.15, 0.2) is 48.5 Å². The number of nitrogens with zero attached hydrogens (tertiary/aromatic N) is 1. The number of aryl methyl sites for hydroxylation is 1. The minimum atomic E-state index is 0.230. The van der Waals surface area contributed by atoms with E-state index >= 15 is 0 Å². The Bertz CT molecular complexity index is 663. The van der Waals surface area contributed by atoms with Gasteiger partial charge in [-0.05, 0) is 50.1 Å². The van der Waals surface area contributed by atoms with E-state index in [9.17, 15) is 4.79 Å². The Labute approximate surface area is 132 Å². The summed E-state index contributed by atoms with van der Waals surface area (Å²) < 4.78 is 0. The normalized spacial score (nSPS) is 15.9. The molecule has 1 atom stereocenters. The van der Waals surface area contributed by atoms with E-state index in [4.69, 9.17) is 0 Å². The smallest absolute Gasteiger partial charge is 0.227 e. The summed E-state index contributed by atoms with van der Waals surface area (Å²) in [6.07, 6.45) is 1.63. The predicted octanol–water partition coefficient (Wildman–Crippen LogP) is 4.29. The number of benzene rings is 2. The van der Waals surface area contributed by atoms with Gasteiger partial charge in [-0.2, -0.15) is 0 Å². The van der Waals surface area contributed by atoms with Crippen LogP contribution >= 0.6 is 0 Å². The molecule has 1 aliphatic rings. The summed E-state index contributed by atoms with van der Waals surface area (Å²) in [5.41, 5.74) is 4.62. The third-order valence-electron chi connectivity index (χ3n) is 4.18. The number of nitrogens with one attached hydrogen (secondary N) is 1. The highest BCUT2D eigenvalue weighted by Crippen LogP contribution is 2.25. The van der Waals surface area contributed by atoms with Crippen LogP contribution in [0.2, 0.25) is 0 Å². The number of hydrogen-bond donors (Lipinski definition) is 1. The van der Waals surface area contributed by atoms with Crippen molar-refractivity contribution in [3.05, 3.63) is 59.7 Å². The lowest BCUT2D eigenvalue weighted by atomic mass is 10.1. The first-order chi connectivity index (χ1) is 10.6. The van der Waals surface area contributed by atoms with Crippen molar-refractivity contribution in [2.24, 2.45) is 0 Å². The molecule has 1 saturated heterocycles. The molecule has 3 rings (SSSR count). The van der Waals surface area contributed by atoms with Gasteiger partial charge in [0.15, 0.2) is 0 Å². The zero-order valence-electron chi connectivity index (χ0n) is 13.2. The summed E-state index contributed by atoms with van der Waals surface area (Å²) in [4.78, 5) is 13.6. The minimum Gasteiger partial charge on any atom is -0.379 e. The first-order valence-electron chi connectivity index (χ1n) is 7.87. The van der Waals surface area contributed by atoms with Crippen molar-refractivity contribution >= 4 is 17.3 Å². The molecule has 2 aromatic carbocycles. The van der Waals surface area contributed by atoms with Gasteiger partial charge >= 0.3 is 0 Å². The Morgan fingerprint density at radius 3 is 2.55 bits per heavy atom. The van der Waals surface area contributed by atoms with Gasteiger partial charge in [0.1, 0.15) is 0 Å². The van der Waals surface area contributed by atoms with Crippen LogP contribution < -0.4 is 10.2 Å². The Hall–Kier alpha value is -2.29. The van der Waals surface area contributed by atoms with Crippen LogP contribution in [0.1, 0.15) is 36.9 Å². The van der Waals surface area contributed by atoms with Crippen molar-refractivity contribution in [3.8, 4) is 0 Å². The highest BCUT2D eigenvalue weighted by atomic mass is 16.2. The molecule has 1 N–H and O–H groups in total. The molecule has 22 heavy (non-hydrogen) atoms. The van der Waals surface area contributed by atoms with E-state index < -0.39 is 0 Å². The molecule has 0 aromatic heterocycles. The lowest BCUT2D eigenvalue weighted by molar-refractivity contribution is -0.117. The third kappa shape index (κ3) is 3.14. The lowest BCUT2D eigenvalue weighted by Gasteiger charge is -2.19. The van der Waals surface area contributed by atoms with Gasteiger partial charge in [0, 0.05) is 30.4 Å². The number of carbonyl (C=O) groups is 1. The first kappa shape index (κ1) is 14.6. The van der Waals surface area contributed by atoms with E-state index in [0.717, 1.165) is 24.3 Å². The average molecular weight is 294 g/mol. The molecule has 0 saturated carbocycles. The van der Waals surface area contributed by atoms with Crippen molar-refractivity contribution < 1.29 is 4.79 Å². The van der Waals surface area contributed by atoms with Crippen molar-refractivity contribution in [2.75, 3.05) is 16.8 Å². The molecule has 0 spiro atoms. The maximum absolute atomic E-state index is 11.8. The largest absolute Gasteiger partial charge is 0.379 e. The minimum absolute atomic E-state index is 0.230. The van der Waals surface area contributed by atoms with Crippen LogP contribution in [0, 0.1) is 6.92 Å². The molecule has 0 radical (unpaired) electrons. The van der Waals surface area contributed by atoms with Crippen LogP contribution in [0.25, 0.3) is 0 Å². The van der Waals surface area contributed by atoms with E-state index in [1.54, 1.807) is 0 Å². The lowest BCUT2D eigenvalue weighted by Crippen LogP contribution is -2.23. The fourth-order valence-electron chi connectivity index (χ4n) is 2.93. The molecule has 0 bridgehead atoms. The second-order valence-corrected chi connectivity index (χ2v) is 5.98. The first-order valence-corrected chi connectivity index (χ1v) is 7.87. The zero-order valence-corrected chi connectivity index (χ0v) is 13.2. The molecule has 2 aromatic rings. The number of hydrogen-bond acceptors (Lipinski definition) is 2. The van der Waals surface area contributed by atoms with Crippen molar-refractivity contribution in [2.45, 2.75) is 32.7 Å². The average Bonchev–Trinajstić information content (AvgIpc) is 2.94. The van der Waals surface area contributed by atoms with Gasteiger partial charge in [-0.15, -0.1) is 0 Å². The summed E-state index contributed by atoms with van der Waals surface area (Å²) in [6.45, 7) is 5.11. The highest BCUT2D eigenvalue weighted by Gasteiger charge is 2.21. The number of rotatable bonds is 4. The van der Waals surface area contributed by atoms with Crippen LogP contribution in [0.5, 0.6) is 0 Å². The van der Waals surface area contributed by atoms with Gasteiger partial charge in [0.05, 0.1) is 0 Å².